The quantitative estimate of drug-likeness (QED) is 0.354. The molecule has 1 aliphatic carbocycles. The number of esters is 1. The molecule has 0 amide bonds. The van der Waals surface area contributed by atoms with Crippen molar-refractivity contribution in [1.29, 1.82) is 0 Å². The molecule has 0 spiro atoms. The van der Waals surface area contributed by atoms with Gasteiger partial charge >= 0.3 is 5.97 Å². The number of ether oxygens (including phenoxy) is 4. The van der Waals surface area contributed by atoms with Gasteiger partial charge in [0.05, 0.1) is 31.6 Å². The molecule has 1 N–H and O–H groups in total. The molecular weight excluding hydrogens is 568 g/mol. The minimum atomic E-state index is -3.06. The smallest absolute Gasteiger partial charge is 0.306 e. The number of hydrogen-bond acceptors (Lipinski definition) is 8. The number of carbonyl (C=O) groups excluding carboxylic acids is 1. The molecule has 0 bridgehead atoms. The third-order valence-corrected chi connectivity index (χ3v) is 10.6. The van der Waals surface area contributed by atoms with Crippen LogP contribution >= 0.6 is 0 Å². The lowest BCUT2D eigenvalue weighted by Gasteiger charge is -2.31. The first-order chi connectivity index (χ1) is 20.6. The van der Waals surface area contributed by atoms with Crippen LogP contribution in [0.1, 0.15) is 59.4 Å². The Labute approximate surface area is 252 Å². The topological polar surface area (TPSA) is 108 Å². The average Bonchev–Trinajstić information content (AvgIpc) is 3.28. The van der Waals surface area contributed by atoms with Crippen LogP contribution in [-0.4, -0.2) is 56.9 Å². The molecule has 43 heavy (non-hydrogen) atoms. The Balaban J connectivity index is 1.16. The zero-order valence-electron chi connectivity index (χ0n) is 24.7. The van der Waals surface area contributed by atoms with Gasteiger partial charge in [-0.25, -0.2) is 8.42 Å². The number of fused-ring (bicyclic) bond motifs is 4. The van der Waals surface area contributed by atoms with Crippen molar-refractivity contribution in [3.05, 3.63) is 76.3 Å². The summed E-state index contributed by atoms with van der Waals surface area (Å²) in [5, 5.41) is 10.9. The van der Waals surface area contributed by atoms with E-state index < -0.39 is 15.4 Å². The van der Waals surface area contributed by atoms with Crippen molar-refractivity contribution in [2.75, 3.05) is 31.8 Å². The highest BCUT2D eigenvalue weighted by Crippen LogP contribution is 2.40. The van der Waals surface area contributed by atoms with Crippen LogP contribution in [0, 0.1) is 6.92 Å². The van der Waals surface area contributed by atoms with E-state index in [0.29, 0.717) is 31.1 Å². The van der Waals surface area contributed by atoms with Crippen LogP contribution < -0.4 is 14.2 Å². The predicted octanol–water partition coefficient (Wildman–Crippen LogP) is 5.09. The van der Waals surface area contributed by atoms with Crippen molar-refractivity contribution in [3.63, 3.8) is 0 Å². The predicted molar refractivity (Wildman–Crippen MR) is 163 cm³/mol. The summed E-state index contributed by atoms with van der Waals surface area (Å²) < 4.78 is 46.5. The summed E-state index contributed by atoms with van der Waals surface area (Å²) in [5.41, 5.74) is 6.97. The van der Waals surface area contributed by atoms with E-state index in [2.05, 4.69) is 31.2 Å². The Morgan fingerprint density at radius 1 is 1.00 bits per heavy atom. The molecule has 8 nitrogen and oxygen atoms in total. The lowest BCUT2D eigenvalue weighted by Crippen LogP contribution is -2.43. The lowest BCUT2D eigenvalue weighted by atomic mass is 9.91. The van der Waals surface area contributed by atoms with Gasteiger partial charge in [-0.3, -0.25) is 4.79 Å². The van der Waals surface area contributed by atoms with Gasteiger partial charge in [0.2, 0.25) is 0 Å². The van der Waals surface area contributed by atoms with Gasteiger partial charge in [-0.1, -0.05) is 18.2 Å². The molecule has 2 aliphatic heterocycles. The Morgan fingerprint density at radius 3 is 2.58 bits per heavy atom. The van der Waals surface area contributed by atoms with E-state index in [1.165, 1.54) is 29.4 Å². The largest absolute Gasteiger partial charge is 0.492 e. The summed E-state index contributed by atoms with van der Waals surface area (Å²) in [6, 6.07) is 16.4. The minimum Gasteiger partial charge on any atom is -0.492 e. The van der Waals surface area contributed by atoms with Gasteiger partial charge in [0.25, 0.3) is 0 Å². The molecule has 1 fully saturated rings. The van der Waals surface area contributed by atoms with Crippen LogP contribution in [0.4, 0.5) is 0 Å². The third-order valence-electron chi connectivity index (χ3n) is 8.90. The number of aliphatic hydroxyl groups is 1. The number of methoxy groups -OCH3 is 1. The molecule has 2 heterocycles. The van der Waals surface area contributed by atoms with Crippen molar-refractivity contribution >= 4 is 15.8 Å². The van der Waals surface area contributed by atoms with Crippen molar-refractivity contribution in [2.24, 2.45) is 0 Å². The van der Waals surface area contributed by atoms with E-state index in [9.17, 15) is 18.3 Å². The van der Waals surface area contributed by atoms with Gasteiger partial charge in [-0.2, -0.15) is 0 Å². The molecule has 0 radical (unpaired) electrons. The zero-order chi connectivity index (χ0) is 30.2. The molecule has 6 rings (SSSR count). The van der Waals surface area contributed by atoms with Crippen molar-refractivity contribution in [3.8, 4) is 28.4 Å². The van der Waals surface area contributed by atoms with Crippen LogP contribution in [0.2, 0.25) is 0 Å². The Morgan fingerprint density at radius 2 is 1.79 bits per heavy atom. The normalized spacial score (nSPS) is 19.7. The monoisotopic (exact) mass is 606 g/mol. The number of benzene rings is 3. The lowest BCUT2D eigenvalue weighted by molar-refractivity contribution is -0.141. The second kappa shape index (κ2) is 11.8. The Kier molecular flexibility index (Phi) is 8.13. The van der Waals surface area contributed by atoms with E-state index >= 15 is 0 Å². The summed E-state index contributed by atoms with van der Waals surface area (Å²) in [5.74, 6) is 1.90. The van der Waals surface area contributed by atoms with Crippen LogP contribution in [0.3, 0.4) is 0 Å². The standard InChI is InChI=1S/C34H38O8S/c1-22-14-28(42-21-34(36)10-12-43(37,38)13-11-34)16-25-5-3-4-24-7-6-23(15-30(24)33(22)25)19-40-27-8-9-29-26(17-32(35)39-2)20-41-31(29)18-27/h6-9,14-16,18,26,36H,3-5,10-13,17,19-21H2,1-2H3/t26-/m1/s1. The number of sulfone groups is 1. The van der Waals surface area contributed by atoms with Crippen molar-refractivity contribution < 1.29 is 37.3 Å². The molecular formula is C34H38O8S. The van der Waals surface area contributed by atoms with Crippen LogP contribution in [-0.2, 0) is 38.8 Å². The highest BCUT2D eigenvalue weighted by Gasteiger charge is 2.36. The van der Waals surface area contributed by atoms with E-state index in [-0.39, 0.29) is 42.8 Å². The minimum absolute atomic E-state index is 0.00330. The number of hydrogen-bond donors (Lipinski definition) is 1. The van der Waals surface area contributed by atoms with Gasteiger partial charge in [-0.05, 0) is 96.7 Å². The van der Waals surface area contributed by atoms with Crippen molar-refractivity contribution in [2.45, 2.75) is 63.6 Å². The molecule has 3 aromatic rings. The molecule has 3 aromatic carbocycles. The molecule has 0 aromatic heterocycles. The van der Waals surface area contributed by atoms with Crippen LogP contribution in [0.25, 0.3) is 11.1 Å². The summed E-state index contributed by atoms with van der Waals surface area (Å²) in [6.45, 7) is 3.03. The molecule has 228 valence electrons. The molecule has 0 unspecified atom stereocenters. The fourth-order valence-electron chi connectivity index (χ4n) is 6.37. The SMILES string of the molecule is COC(=O)C[C@@H]1COc2cc(OCc3ccc4c(c3)-c3c(C)cc(OCC5(O)CCS(=O)(=O)CC5)cc3CCC4)ccc21. The van der Waals surface area contributed by atoms with E-state index in [1.807, 2.05) is 24.3 Å². The molecule has 1 atom stereocenters. The highest BCUT2D eigenvalue weighted by atomic mass is 32.2. The summed E-state index contributed by atoms with van der Waals surface area (Å²) in [4.78, 5) is 11.7. The van der Waals surface area contributed by atoms with Gasteiger partial charge in [0.1, 0.15) is 36.1 Å². The summed E-state index contributed by atoms with van der Waals surface area (Å²) in [7, 11) is -1.67. The van der Waals surface area contributed by atoms with Gasteiger partial charge in [0.15, 0.2) is 9.84 Å². The maximum Gasteiger partial charge on any atom is 0.306 e. The van der Waals surface area contributed by atoms with Gasteiger partial charge in [-0.15, -0.1) is 0 Å². The maximum atomic E-state index is 11.8. The molecule has 1 saturated heterocycles. The highest BCUT2D eigenvalue weighted by molar-refractivity contribution is 7.91. The second-order valence-corrected chi connectivity index (χ2v) is 14.4. The Hall–Kier alpha value is -3.56. The van der Waals surface area contributed by atoms with Gasteiger partial charge < -0.3 is 24.1 Å². The third kappa shape index (κ3) is 6.53. The average molecular weight is 607 g/mol. The number of carbonyl (C=O) groups is 1. The fraction of sp³-hybridized carbons (Fsp3) is 0.441. The number of rotatable bonds is 8. The van der Waals surface area contributed by atoms with Crippen molar-refractivity contribution in [1.82, 2.24) is 0 Å². The summed E-state index contributed by atoms with van der Waals surface area (Å²) >= 11 is 0. The van der Waals surface area contributed by atoms with Gasteiger partial charge in [0, 0.05) is 17.5 Å². The first-order valence-corrected chi connectivity index (χ1v) is 16.7. The maximum absolute atomic E-state index is 11.8. The summed E-state index contributed by atoms with van der Waals surface area (Å²) in [6.07, 6.45) is 3.61. The van der Waals surface area contributed by atoms with E-state index in [1.54, 1.807) is 0 Å². The van der Waals surface area contributed by atoms with Crippen LogP contribution in [0.15, 0.2) is 48.5 Å². The molecule has 0 saturated carbocycles. The van der Waals surface area contributed by atoms with Crippen LogP contribution in [0.5, 0.6) is 17.2 Å². The Bertz CT molecular complexity index is 1630. The first kappa shape index (κ1) is 29.5. The van der Waals surface area contributed by atoms with E-state index in [0.717, 1.165) is 41.7 Å². The van der Waals surface area contributed by atoms with E-state index in [4.69, 9.17) is 18.9 Å². The first-order valence-electron chi connectivity index (χ1n) is 14.9. The second-order valence-electron chi connectivity index (χ2n) is 12.1. The fourth-order valence-corrected chi connectivity index (χ4v) is 7.96. The molecule has 9 heteroatoms. The number of aryl methyl sites for hydroxylation is 3. The molecule has 3 aliphatic rings. The zero-order valence-corrected chi connectivity index (χ0v) is 25.5.